The van der Waals surface area contributed by atoms with E-state index in [9.17, 15) is 4.79 Å². The first-order chi connectivity index (χ1) is 11.7. The van der Waals surface area contributed by atoms with Crippen LogP contribution in [0.5, 0.6) is 0 Å². The molecule has 1 amide bonds. The number of ether oxygens (including phenoxy) is 1. The molecule has 24 heavy (non-hydrogen) atoms. The third kappa shape index (κ3) is 4.57. The Hall–Kier alpha value is -1.40. The molecule has 2 aliphatic rings. The highest BCUT2D eigenvalue weighted by Gasteiger charge is 2.22. The maximum atomic E-state index is 12.2. The second kappa shape index (κ2) is 8.62. The maximum absolute atomic E-state index is 12.2. The Kier molecular flexibility index (Phi) is 6.26. The lowest BCUT2D eigenvalue weighted by Gasteiger charge is -2.28. The molecule has 0 spiro atoms. The topological polar surface area (TPSA) is 68.2 Å². The van der Waals surface area contributed by atoms with E-state index < -0.39 is 0 Å². The quantitative estimate of drug-likeness (QED) is 0.782. The zero-order valence-electron chi connectivity index (χ0n) is 14.7. The van der Waals surface area contributed by atoms with Gasteiger partial charge in [-0.3, -0.25) is 9.48 Å². The molecule has 1 saturated carbocycles. The highest BCUT2D eigenvalue weighted by atomic mass is 16.5. The van der Waals surface area contributed by atoms with Gasteiger partial charge in [-0.1, -0.05) is 19.8 Å². The molecule has 3 unspecified atom stereocenters. The summed E-state index contributed by atoms with van der Waals surface area (Å²) in [7, 11) is 0. The Bertz CT molecular complexity index is 525. The van der Waals surface area contributed by atoms with Gasteiger partial charge >= 0.3 is 0 Å². The molecule has 1 aliphatic heterocycles. The first-order valence-corrected chi connectivity index (χ1v) is 9.39. The summed E-state index contributed by atoms with van der Waals surface area (Å²) in [5.74, 6) is 0.520. The normalized spacial score (nSPS) is 27.8. The van der Waals surface area contributed by atoms with Crippen LogP contribution in [0.3, 0.4) is 0 Å². The highest BCUT2D eigenvalue weighted by Crippen LogP contribution is 2.26. The molecule has 1 aliphatic carbocycles. The largest absolute Gasteiger partial charge is 0.376 e. The summed E-state index contributed by atoms with van der Waals surface area (Å²) in [4.78, 5) is 12.2. The van der Waals surface area contributed by atoms with Crippen molar-refractivity contribution in [2.45, 2.75) is 57.6 Å². The number of carbonyl (C=O) groups is 1. The minimum absolute atomic E-state index is 0.113. The number of piperidine rings is 1. The second-order valence-corrected chi connectivity index (χ2v) is 7.11. The van der Waals surface area contributed by atoms with Gasteiger partial charge in [-0.05, 0) is 44.2 Å². The van der Waals surface area contributed by atoms with Crippen molar-refractivity contribution in [1.82, 2.24) is 20.4 Å². The van der Waals surface area contributed by atoms with Crippen LogP contribution in [-0.4, -0.2) is 48.0 Å². The number of nitrogens with one attached hydrogen (secondary N) is 2. The van der Waals surface area contributed by atoms with Gasteiger partial charge in [0.15, 0.2) is 0 Å². The van der Waals surface area contributed by atoms with Crippen LogP contribution >= 0.6 is 0 Å². The predicted octanol–water partition coefficient (Wildman–Crippen LogP) is 2.13. The summed E-state index contributed by atoms with van der Waals surface area (Å²) < 4.78 is 7.85. The molecule has 0 aromatic carbocycles. The number of rotatable bonds is 6. The van der Waals surface area contributed by atoms with E-state index in [2.05, 4.69) is 22.7 Å². The number of aromatic nitrogens is 2. The van der Waals surface area contributed by atoms with E-state index >= 15 is 0 Å². The average molecular weight is 334 g/mol. The van der Waals surface area contributed by atoms with Crippen LogP contribution < -0.4 is 10.6 Å². The van der Waals surface area contributed by atoms with E-state index in [1.165, 1.54) is 19.3 Å². The van der Waals surface area contributed by atoms with Gasteiger partial charge in [0, 0.05) is 19.3 Å². The first kappa shape index (κ1) is 17.4. The standard InChI is InChI=1S/C18H30N4O2/c1-14-5-2-3-7-17(14)24-12-10-20-18(23)16-8-11-22(21-16)15-6-4-9-19-13-15/h8,11,14-15,17,19H,2-7,9-10,12-13H2,1H3,(H,20,23). The van der Waals surface area contributed by atoms with Crippen molar-refractivity contribution in [3.8, 4) is 0 Å². The number of carbonyl (C=O) groups excluding carboxylic acids is 1. The lowest BCUT2D eigenvalue weighted by Crippen LogP contribution is -2.33. The molecular formula is C18H30N4O2. The highest BCUT2D eigenvalue weighted by molar-refractivity contribution is 5.92. The van der Waals surface area contributed by atoms with E-state index in [-0.39, 0.29) is 5.91 Å². The molecule has 134 valence electrons. The van der Waals surface area contributed by atoms with E-state index in [1.807, 2.05) is 10.9 Å². The van der Waals surface area contributed by atoms with Gasteiger partial charge in [0.1, 0.15) is 5.69 Å². The second-order valence-electron chi connectivity index (χ2n) is 7.11. The fourth-order valence-corrected chi connectivity index (χ4v) is 3.72. The van der Waals surface area contributed by atoms with Gasteiger partial charge in [-0.2, -0.15) is 5.10 Å². The third-order valence-corrected chi connectivity index (χ3v) is 5.24. The molecule has 2 heterocycles. The van der Waals surface area contributed by atoms with Crippen molar-refractivity contribution < 1.29 is 9.53 Å². The van der Waals surface area contributed by atoms with E-state index in [0.29, 0.717) is 36.9 Å². The molecule has 1 aromatic heterocycles. The minimum atomic E-state index is -0.113. The van der Waals surface area contributed by atoms with Crippen LogP contribution in [-0.2, 0) is 4.74 Å². The van der Waals surface area contributed by atoms with Gasteiger partial charge < -0.3 is 15.4 Å². The zero-order chi connectivity index (χ0) is 16.8. The number of hydrogen-bond acceptors (Lipinski definition) is 4. The summed E-state index contributed by atoms with van der Waals surface area (Å²) in [6, 6.07) is 2.16. The summed E-state index contributed by atoms with van der Waals surface area (Å²) in [6.07, 6.45) is 9.51. The van der Waals surface area contributed by atoms with Gasteiger partial charge in [0.05, 0.1) is 18.8 Å². The smallest absolute Gasteiger partial charge is 0.271 e. The average Bonchev–Trinajstić information content (AvgIpc) is 3.11. The van der Waals surface area contributed by atoms with E-state index in [0.717, 1.165) is 32.4 Å². The fourth-order valence-electron chi connectivity index (χ4n) is 3.72. The molecule has 3 atom stereocenters. The summed E-state index contributed by atoms with van der Waals surface area (Å²) in [6.45, 7) is 5.38. The van der Waals surface area contributed by atoms with Crippen LogP contribution in [0.15, 0.2) is 12.3 Å². The molecule has 2 N–H and O–H groups in total. The number of amides is 1. The van der Waals surface area contributed by atoms with Crippen molar-refractivity contribution in [2.24, 2.45) is 5.92 Å². The van der Waals surface area contributed by atoms with E-state index in [1.54, 1.807) is 6.07 Å². The SMILES string of the molecule is CC1CCCCC1OCCNC(=O)c1ccn(C2CCCNC2)n1. The monoisotopic (exact) mass is 334 g/mol. The molecule has 2 fully saturated rings. The molecule has 3 rings (SSSR count). The first-order valence-electron chi connectivity index (χ1n) is 9.39. The molecule has 1 aromatic rings. The number of hydrogen-bond donors (Lipinski definition) is 2. The molecule has 0 radical (unpaired) electrons. The van der Waals surface area contributed by atoms with Crippen LogP contribution in [0.4, 0.5) is 0 Å². The fraction of sp³-hybridized carbons (Fsp3) is 0.778. The van der Waals surface area contributed by atoms with Crippen LogP contribution in [0.1, 0.15) is 62.0 Å². The Morgan fingerprint density at radius 2 is 2.25 bits per heavy atom. The maximum Gasteiger partial charge on any atom is 0.271 e. The lowest BCUT2D eigenvalue weighted by molar-refractivity contribution is -0.00295. The molecular weight excluding hydrogens is 304 g/mol. The Morgan fingerprint density at radius 1 is 1.38 bits per heavy atom. The van der Waals surface area contributed by atoms with Crippen LogP contribution in [0.25, 0.3) is 0 Å². The summed E-state index contributed by atoms with van der Waals surface area (Å²) >= 11 is 0. The van der Waals surface area contributed by atoms with Crippen molar-refractivity contribution >= 4 is 5.91 Å². The molecule has 6 heteroatoms. The third-order valence-electron chi connectivity index (χ3n) is 5.24. The Morgan fingerprint density at radius 3 is 3.04 bits per heavy atom. The van der Waals surface area contributed by atoms with Crippen LogP contribution in [0.2, 0.25) is 0 Å². The van der Waals surface area contributed by atoms with Gasteiger partial charge in [0.2, 0.25) is 0 Å². The number of nitrogens with zero attached hydrogens (tertiary/aromatic N) is 2. The van der Waals surface area contributed by atoms with Gasteiger partial charge in [-0.15, -0.1) is 0 Å². The van der Waals surface area contributed by atoms with Crippen molar-refractivity contribution in [1.29, 1.82) is 0 Å². The summed E-state index contributed by atoms with van der Waals surface area (Å²) in [5, 5.41) is 10.7. The van der Waals surface area contributed by atoms with Crippen molar-refractivity contribution in [2.75, 3.05) is 26.2 Å². The Labute approximate surface area is 144 Å². The molecule has 1 saturated heterocycles. The lowest BCUT2D eigenvalue weighted by atomic mass is 9.88. The zero-order valence-corrected chi connectivity index (χ0v) is 14.7. The van der Waals surface area contributed by atoms with Crippen molar-refractivity contribution in [3.05, 3.63) is 18.0 Å². The molecule has 0 bridgehead atoms. The van der Waals surface area contributed by atoms with Crippen molar-refractivity contribution in [3.63, 3.8) is 0 Å². The minimum Gasteiger partial charge on any atom is -0.376 e. The predicted molar refractivity (Wildman–Crippen MR) is 93.1 cm³/mol. The van der Waals surface area contributed by atoms with E-state index in [4.69, 9.17) is 4.74 Å². The van der Waals surface area contributed by atoms with Gasteiger partial charge in [-0.25, -0.2) is 0 Å². The molecule has 6 nitrogen and oxygen atoms in total. The Balaban J connectivity index is 1.39. The van der Waals surface area contributed by atoms with Crippen LogP contribution in [0, 0.1) is 5.92 Å². The van der Waals surface area contributed by atoms with Gasteiger partial charge in [0.25, 0.3) is 5.91 Å². The summed E-state index contributed by atoms with van der Waals surface area (Å²) in [5.41, 5.74) is 0.492.